The highest BCUT2D eigenvalue weighted by molar-refractivity contribution is 9.10. The van der Waals surface area contributed by atoms with Gasteiger partial charge in [0.1, 0.15) is 0 Å². The molecular weight excluding hydrogens is 493 g/mol. The summed E-state index contributed by atoms with van der Waals surface area (Å²) < 4.78 is 77.5. The van der Waals surface area contributed by atoms with Crippen molar-refractivity contribution in [3.63, 3.8) is 0 Å². The van der Waals surface area contributed by atoms with Crippen molar-refractivity contribution < 1.29 is 29.9 Å². The van der Waals surface area contributed by atoms with Gasteiger partial charge in [0.25, 0.3) is 5.92 Å². The van der Waals surface area contributed by atoms with Crippen LogP contribution in [-0.2, 0) is 15.4 Å². The molecule has 0 saturated carbocycles. The van der Waals surface area contributed by atoms with E-state index in [0.717, 1.165) is 10.0 Å². The van der Waals surface area contributed by atoms with Crippen molar-refractivity contribution in [3.05, 3.63) is 69.7 Å². The summed E-state index contributed by atoms with van der Waals surface area (Å²) in [7, 11) is -4.47. The van der Waals surface area contributed by atoms with Crippen molar-refractivity contribution in [2.45, 2.75) is 12.8 Å². The molecule has 0 aliphatic carbocycles. The molecular formula is C20H27BrF5NO2S. The molecule has 10 heteroatoms. The van der Waals surface area contributed by atoms with Crippen molar-refractivity contribution in [2.24, 2.45) is 5.14 Å². The number of hydrogen-bond donors (Lipinski definition) is 1. The van der Waals surface area contributed by atoms with Gasteiger partial charge in [-0.1, -0.05) is 57.9 Å². The summed E-state index contributed by atoms with van der Waals surface area (Å²) in [6, 6.07) is 12.4. The molecule has 30 heavy (non-hydrogen) atoms. The average molecular weight is 520 g/mol. The van der Waals surface area contributed by atoms with Gasteiger partial charge in [-0.3, -0.25) is 0 Å². The molecule has 0 fully saturated rings. The van der Waals surface area contributed by atoms with Crippen LogP contribution in [0.4, 0.5) is 20.4 Å². The Balaban J connectivity index is 0.000000314. The van der Waals surface area contributed by atoms with Crippen LogP contribution in [0.15, 0.2) is 53.0 Å². The summed E-state index contributed by atoms with van der Waals surface area (Å²) in [5, 5.41) is 4.53. The van der Waals surface area contributed by atoms with E-state index in [9.17, 15) is 20.4 Å². The Labute approximate surface area is 182 Å². The molecule has 0 amide bonds. The number of benzene rings is 2. The largest absolute Gasteiger partial charge is 0.384 e. The second-order valence-corrected chi connectivity index (χ2v) is 12.0. The van der Waals surface area contributed by atoms with E-state index in [-0.39, 0.29) is 11.1 Å². The zero-order valence-corrected chi connectivity index (χ0v) is 19.4. The summed E-state index contributed by atoms with van der Waals surface area (Å²) in [5.41, 5.74) is 0.996. The topological polar surface area (TPSA) is 44.5 Å². The molecule has 2 aromatic rings. The monoisotopic (exact) mass is 519 g/mol. The number of ether oxygens (including phenoxy) is 2. The van der Waals surface area contributed by atoms with Gasteiger partial charge in [-0.2, -0.15) is 8.78 Å². The van der Waals surface area contributed by atoms with Gasteiger partial charge in [0.05, 0.1) is 34.4 Å². The molecule has 0 unspecified atom stereocenters. The molecule has 0 bridgehead atoms. The average Bonchev–Trinajstić information content (AvgIpc) is 2.66. The lowest BCUT2D eigenvalue weighted by atomic mass is 9.99. The summed E-state index contributed by atoms with van der Waals surface area (Å²) in [5.74, 6) is -5.09. The molecule has 172 valence electrons. The molecule has 0 heterocycles. The van der Waals surface area contributed by atoms with Crippen molar-refractivity contribution in [3.8, 4) is 0 Å². The lowest BCUT2D eigenvalue weighted by Gasteiger charge is -2.54. The predicted molar refractivity (Wildman–Crippen MR) is 117 cm³/mol. The number of rotatable bonds is 8. The second kappa shape index (κ2) is 9.52. The van der Waals surface area contributed by atoms with Crippen LogP contribution in [-0.4, -0.2) is 38.9 Å². The van der Waals surface area contributed by atoms with Crippen molar-refractivity contribution >= 4 is 25.6 Å². The minimum Gasteiger partial charge on any atom is -0.384 e. The van der Waals surface area contributed by atoms with Crippen molar-refractivity contribution in [1.29, 1.82) is 0 Å². The molecule has 2 rings (SSSR count). The minimum atomic E-state index is -6.89. The fourth-order valence-electron chi connectivity index (χ4n) is 2.26. The Hall–Kier alpha value is -1.20. The number of nitrogens with two attached hydrogens (primary N) is 1. The molecule has 2 aromatic carbocycles. The van der Waals surface area contributed by atoms with E-state index in [0.29, 0.717) is 0 Å². The smallest absolute Gasteiger partial charge is 0.298 e. The maximum absolute atomic E-state index is 14.1. The maximum atomic E-state index is 14.1. The fourth-order valence-corrected chi connectivity index (χ4v) is 3.87. The van der Waals surface area contributed by atoms with Gasteiger partial charge >= 0.3 is 0 Å². The van der Waals surface area contributed by atoms with Crippen LogP contribution in [0.25, 0.3) is 0 Å². The zero-order chi connectivity index (χ0) is 23.1. The Kier molecular flexibility index (Phi) is 8.51. The number of hydrogen-bond acceptors (Lipinski definition) is 3. The number of aryl methyl sites for hydroxylation is 1. The minimum absolute atomic E-state index is 0.00422. The second-order valence-electron chi connectivity index (χ2n) is 6.98. The third kappa shape index (κ3) is 8.89. The number of methoxy groups -OCH3 is 2. The summed E-state index contributed by atoms with van der Waals surface area (Å²) >= 11 is 3.23. The summed E-state index contributed by atoms with van der Waals surface area (Å²) in [6.07, 6.45) is 0. The zero-order valence-electron chi connectivity index (χ0n) is 17.0. The summed E-state index contributed by atoms with van der Waals surface area (Å²) in [4.78, 5) is 0. The highest BCUT2D eigenvalue weighted by Crippen LogP contribution is 2.87. The maximum Gasteiger partial charge on any atom is 0.298 e. The van der Waals surface area contributed by atoms with Gasteiger partial charge in [0.2, 0.25) is 0 Å². The first-order valence-corrected chi connectivity index (χ1v) is 12.2. The first-order chi connectivity index (χ1) is 13.6. The van der Waals surface area contributed by atoms with E-state index < -0.39 is 40.3 Å². The Morgan fingerprint density at radius 1 is 0.833 bits per heavy atom. The molecule has 0 aliphatic heterocycles. The number of alkyl halides is 2. The Bertz CT molecular complexity index is 749. The molecule has 0 radical (unpaired) electrons. The van der Waals surface area contributed by atoms with E-state index in [1.165, 1.54) is 38.5 Å². The van der Waals surface area contributed by atoms with Gasteiger partial charge in [0.15, 0.2) is 0 Å². The first kappa shape index (κ1) is 26.8. The van der Waals surface area contributed by atoms with Gasteiger partial charge in [-0.25, -0.2) is 5.14 Å². The molecule has 0 aromatic heterocycles. The van der Waals surface area contributed by atoms with Crippen LogP contribution in [0.1, 0.15) is 16.7 Å². The van der Waals surface area contributed by atoms with Gasteiger partial charge in [-0.05, 0) is 19.1 Å². The lowest BCUT2D eigenvalue weighted by molar-refractivity contribution is 0.0428. The van der Waals surface area contributed by atoms with Crippen LogP contribution in [0.2, 0.25) is 0 Å². The first-order valence-electron chi connectivity index (χ1n) is 8.88. The van der Waals surface area contributed by atoms with E-state index in [2.05, 4.69) is 30.5 Å². The normalized spacial score (nSPS) is 14.3. The SMILES string of the molecule is COCCS(N)(F)(F)(F)CCOC.Cc1ccc(C(F)(F)c2ccc(Br)cc2)cc1. The van der Waals surface area contributed by atoms with Gasteiger partial charge in [-0.15, -0.1) is 11.7 Å². The number of halogens is 6. The van der Waals surface area contributed by atoms with E-state index in [1.54, 1.807) is 24.3 Å². The van der Waals surface area contributed by atoms with Crippen LogP contribution >= 0.6 is 25.6 Å². The van der Waals surface area contributed by atoms with E-state index >= 15 is 0 Å². The molecule has 0 saturated heterocycles. The third-order valence-corrected chi connectivity index (χ3v) is 7.02. The molecule has 0 aliphatic rings. The molecule has 2 N–H and O–H groups in total. The predicted octanol–water partition coefficient (Wildman–Crippen LogP) is 6.58. The van der Waals surface area contributed by atoms with Gasteiger partial charge < -0.3 is 9.47 Å². The third-order valence-electron chi connectivity index (χ3n) is 4.18. The van der Waals surface area contributed by atoms with Crippen LogP contribution in [0, 0.1) is 6.92 Å². The van der Waals surface area contributed by atoms with Crippen molar-refractivity contribution in [1.82, 2.24) is 0 Å². The highest BCUT2D eigenvalue weighted by atomic mass is 79.9. The van der Waals surface area contributed by atoms with Crippen LogP contribution < -0.4 is 5.14 Å². The molecule has 0 spiro atoms. The lowest BCUT2D eigenvalue weighted by Crippen LogP contribution is -2.40. The van der Waals surface area contributed by atoms with Crippen LogP contribution in [0.3, 0.4) is 0 Å². The molecule has 3 nitrogen and oxygen atoms in total. The quantitative estimate of drug-likeness (QED) is 0.400. The van der Waals surface area contributed by atoms with Crippen LogP contribution in [0.5, 0.6) is 0 Å². The van der Waals surface area contributed by atoms with Crippen molar-refractivity contribution in [2.75, 3.05) is 38.9 Å². The summed E-state index contributed by atoms with van der Waals surface area (Å²) in [6.45, 7) is 1.08. The standard InChI is InChI=1S/C14H11BrF2.C6H16F3NO2S/c1-10-2-4-11(5-3-10)14(16,17)12-6-8-13(15)9-7-12;1-11-3-5-13(7,8,9,10)6-4-12-2/h2-9H,1H3;3-6,10H2,1-2H3. The molecule has 0 atom stereocenters. The highest BCUT2D eigenvalue weighted by Gasteiger charge is 2.56. The van der Waals surface area contributed by atoms with E-state index in [1.807, 2.05) is 6.92 Å². The fraction of sp³-hybridized carbons (Fsp3) is 0.400. The Morgan fingerprint density at radius 2 is 1.20 bits per heavy atom. The van der Waals surface area contributed by atoms with E-state index in [4.69, 9.17) is 0 Å². The van der Waals surface area contributed by atoms with Gasteiger partial charge in [0, 0.05) is 29.8 Å². The Morgan fingerprint density at radius 3 is 1.57 bits per heavy atom.